The number of carbonyl (C=O) groups is 1. The SMILES string of the molecule is Cc1ccc(Cl)cc1NC(=O)Cn1ccnc1. The van der Waals surface area contributed by atoms with E-state index < -0.39 is 0 Å². The van der Waals surface area contributed by atoms with E-state index in [2.05, 4.69) is 10.3 Å². The number of carbonyl (C=O) groups excluding carboxylic acids is 1. The maximum Gasteiger partial charge on any atom is 0.244 e. The Morgan fingerprint density at radius 3 is 3.06 bits per heavy atom. The minimum atomic E-state index is -0.103. The van der Waals surface area contributed by atoms with Gasteiger partial charge in [-0.05, 0) is 24.6 Å². The lowest BCUT2D eigenvalue weighted by molar-refractivity contribution is -0.116. The number of amides is 1. The van der Waals surface area contributed by atoms with Crippen LogP contribution in [0.15, 0.2) is 36.9 Å². The van der Waals surface area contributed by atoms with Crippen molar-refractivity contribution in [3.8, 4) is 0 Å². The Kier molecular flexibility index (Phi) is 3.44. The Labute approximate surface area is 104 Å². The van der Waals surface area contributed by atoms with E-state index in [-0.39, 0.29) is 12.5 Å². The van der Waals surface area contributed by atoms with Crippen LogP contribution in [-0.2, 0) is 11.3 Å². The van der Waals surface area contributed by atoms with Crippen molar-refractivity contribution in [2.75, 3.05) is 5.32 Å². The predicted molar refractivity (Wildman–Crippen MR) is 67.0 cm³/mol. The summed E-state index contributed by atoms with van der Waals surface area (Å²) in [6.07, 6.45) is 4.98. The van der Waals surface area contributed by atoms with Crippen molar-refractivity contribution in [1.82, 2.24) is 9.55 Å². The Hall–Kier alpha value is -1.81. The van der Waals surface area contributed by atoms with Gasteiger partial charge in [-0.15, -0.1) is 0 Å². The fourth-order valence-corrected chi connectivity index (χ4v) is 1.64. The van der Waals surface area contributed by atoms with E-state index in [0.29, 0.717) is 5.02 Å². The lowest BCUT2D eigenvalue weighted by Crippen LogP contribution is -2.18. The number of nitrogens with zero attached hydrogens (tertiary/aromatic N) is 2. The molecule has 0 bridgehead atoms. The third-order valence-electron chi connectivity index (χ3n) is 2.36. The average molecular weight is 250 g/mol. The van der Waals surface area contributed by atoms with Gasteiger partial charge in [-0.1, -0.05) is 17.7 Å². The van der Waals surface area contributed by atoms with Crippen molar-refractivity contribution >= 4 is 23.2 Å². The van der Waals surface area contributed by atoms with Gasteiger partial charge in [0.15, 0.2) is 0 Å². The smallest absolute Gasteiger partial charge is 0.244 e. The van der Waals surface area contributed by atoms with Gasteiger partial charge in [-0.2, -0.15) is 0 Å². The second kappa shape index (κ2) is 5.01. The molecule has 5 heteroatoms. The van der Waals surface area contributed by atoms with Gasteiger partial charge in [0.1, 0.15) is 6.54 Å². The van der Waals surface area contributed by atoms with Crippen LogP contribution in [-0.4, -0.2) is 15.5 Å². The van der Waals surface area contributed by atoms with Crippen molar-refractivity contribution < 1.29 is 4.79 Å². The van der Waals surface area contributed by atoms with Crippen molar-refractivity contribution in [2.45, 2.75) is 13.5 Å². The normalized spacial score (nSPS) is 10.2. The Morgan fingerprint density at radius 1 is 1.53 bits per heavy atom. The van der Waals surface area contributed by atoms with Crippen LogP contribution in [0.2, 0.25) is 5.02 Å². The number of rotatable bonds is 3. The van der Waals surface area contributed by atoms with Crippen LogP contribution in [0, 0.1) is 6.92 Å². The standard InChI is InChI=1S/C12H12ClN3O/c1-9-2-3-10(13)6-11(9)15-12(17)7-16-5-4-14-8-16/h2-6,8H,7H2,1H3,(H,15,17). The van der Waals surface area contributed by atoms with Crippen LogP contribution >= 0.6 is 11.6 Å². The highest BCUT2D eigenvalue weighted by Gasteiger charge is 2.05. The molecule has 0 aliphatic rings. The highest BCUT2D eigenvalue weighted by molar-refractivity contribution is 6.31. The fraction of sp³-hybridized carbons (Fsp3) is 0.167. The van der Waals surface area contributed by atoms with Gasteiger partial charge in [0.25, 0.3) is 0 Å². The number of halogens is 1. The Morgan fingerprint density at radius 2 is 2.35 bits per heavy atom. The Balaban J connectivity index is 2.05. The molecule has 0 saturated heterocycles. The highest BCUT2D eigenvalue weighted by atomic mass is 35.5. The zero-order chi connectivity index (χ0) is 12.3. The second-order valence-electron chi connectivity index (χ2n) is 3.74. The summed E-state index contributed by atoms with van der Waals surface area (Å²) >= 11 is 5.88. The van der Waals surface area contributed by atoms with Crippen LogP contribution in [0.25, 0.3) is 0 Å². The van der Waals surface area contributed by atoms with Crippen molar-refractivity contribution in [3.63, 3.8) is 0 Å². The molecule has 1 aromatic carbocycles. The van der Waals surface area contributed by atoms with Gasteiger partial charge >= 0.3 is 0 Å². The van der Waals surface area contributed by atoms with Gasteiger partial charge in [-0.3, -0.25) is 4.79 Å². The molecule has 0 atom stereocenters. The van der Waals surface area contributed by atoms with Gasteiger partial charge in [-0.25, -0.2) is 4.98 Å². The van der Waals surface area contributed by atoms with Crippen molar-refractivity contribution in [2.24, 2.45) is 0 Å². The quantitative estimate of drug-likeness (QED) is 0.909. The van der Waals surface area contributed by atoms with Crippen molar-refractivity contribution in [3.05, 3.63) is 47.5 Å². The summed E-state index contributed by atoms with van der Waals surface area (Å²) in [5.74, 6) is -0.103. The van der Waals surface area contributed by atoms with Gasteiger partial charge in [0, 0.05) is 23.1 Å². The number of imidazole rings is 1. The molecule has 1 heterocycles. The zero-order valence-corrected chi connectivity index (χ0v) is 10.1. The second-order valence-corrected chi connectivity index (χ2v) is 4.18. The topological polar surface area (TPSA) is 46.9 Å². The summed E-state index contributed by atoms with van der Waals surface area (Å²) in [6.45, 7) is 2.16. The Bertz CT molecular complexity index is 523. The third-order valence-corrected chi connectivity index (χ3v) is 2.59. The molecule has 2 rings (SSSR count). The molecular weight excluding hydrogens is 238 g/mol. The average Bonchev–Trinajstić information content (AvgIpc) is 2.76. The molecule has 0 spiro atoms. The first-order valence-corrected chi connectivity index (χ1v) is 5.55. The molecule has 1 N–H and O–H groups in total. The van der Waals surface area contributed by atoms with E-state index in [0.717, 1.165) is 11.3 Å². The number of aryl methyl sites for hydroxylation is 1. The summed E-state index contributed by atoms with van der Waals surface area (Å²) in [5.41, 5.74) is 1.72. The minimum absolute atomic E-state index is 0.103. The predicted octanol–water partition coefficient (Wildman–Crippen LogP) is 2.48. The summed E-state index contributed by atoms with van der Waals surface area (Å²) in [7, 11) is 0. The van der Waals surface area contributed by atoms with Gasteiger partial charge in [0.05, 0.1) is 6.33 Å². The summed E-state index contributed by atoms with van der Waals surface area (Å²) in [5, 5.41) is 3.42. The maximum absolute atomic E-state index is 11.7. The number of hydrogen-bond acceptors (Lipinski definition) is 2. The summed E-state index contributed by atoms with van der Waals surface area (Å²) < 4.78 is 1.70. The van der Waals surface area contributed by atoms with E-state index in [1.807, 2.05) is 13.0 Å². The molecule has 0 unspecified atom stereocenters. The molecule has 2 aromatic rings. The number of aromatic nitrogens is 2. The molecule has 17 heavy (non-hydrogen) atoms. The third kappa shape index (κ3) is 3.07. The molecule has 0 aliphatic heterocycles. The molecule has 1 amide bonds. The van der Waals surface area contributed by atoms with E-state index in [4.69, 9.17) is 11.6 Å². The maximum atomic E-state index is 11.7. The van der Waals surface area contributed by atoms with Crippen LogP contribution in [0.3, 0.4) is 0 Å². The highest BCUT2D eigenvalue weighted by Crippen LogP contribution is 2.20. The minimum Gasteiger partial charge on any atom is -0.328 e. The van der Waals surface area contributed by atoms with E-state index in [1.165, 1.54) is 0 Å². The first-order chi connectivity index (χ1) is 8.15. The number of nitrogens with one attached hydrogen (secondary N) is 1. The fourth-order valence-electron chi connectivity index (χ4n) is 1.46. The first-order valence-electron chi connectivity index (χ1n) is 5.17. The number of anilines is 1. The monoisotopic (exact) mass is 249 g/mol. The lowest BCUT2D eigenvalue weighted by atomic mass is 10.2. The molecule has 0 saturated carbocycles. The largest absolute Gasteiger partial charge is 0.328 e. The molecular formula is C12H12ClN3O. The number of hydrogen-bond donors (Lipinski definition) is 1. The molecule has 0 aliphatic carbocycles. The van der Waals surface area contributed by atoms with Gasteiger partial charge in [0.2, 0.25) is 5.91 Å². The number of benzene rings is 1. The first kappa shape index (κ1) is 11.7. The van der Waals surface area contributed by atoms with Crippen LogP contribution < -0.4 is 5.32 Å². The molecule has 1 aromatic heterocycles. The zero-order valence-electron chi connectivity index (χ0n) is 9.35. The molecule has 0 fully saturated rings. The van der Waals surface area contributed by atoms with E-state index in [9.17, 15) is 4.79 Å². The van der Waals surface area contributed by atoms with Gasteiger partial charge < -0.3 is 9.88 Å². The lowest BCUT2D eigenvalue weighted by Gasteiger charge is -2.09. The van der Waals surface area contributed by atoms with E-state index >= 15 is 0 Å². The van der Waals surface area contributed by atoms with Crippen LogP contribution in [0.5, 0.6) is 0 Å². The van der Waals surface area contributed by atoms with E-state index in [1.54, 1.807) is 35.4 Å². The van der Waals surface area contributed by atoms with Crippen molar-refractivity contribution in [1.29, 1.82) is 0 Å². The summed E-state index contributed by atoms with van der Waals surface area (Å²) in [4.78, 5) is 15.6. The molecule has 0 radical (unpaired) electrons. The van der Waals surface area contributed by atoms with Crippen LogP contribution in [0.1, 0.15) is 5.56 Å². The molecule has 4 nitrogen and oxygen atoms in total. The van der Waals surface area contributed by atoms with Crippen LogP contribution in [0.4, 0.5) is 5.69 Å². The molecule has 88 valence electrons. The summed E-state index contributed by atoms with van der Waals surface area (Å²) in [6, 6.07) is 5.40.